The van der Waals surface area contributed by atoms with Crippen LogP contribution in [0.4, 0.5) is 8.78 Å². The number of aliphatic hydroxyl groups is 2. The van der Waals surface area contributed by atoms with Gasteiger partial charge in [-0.1, -0.05) is 0 Å². The maximum Gasteiger partial charge on any atom is 0.259 e. The van der Waals surface area contributed by atoms with Crippen LogP contribution in [0.1, 0.15) is 23.2 Å². The number of aliphatic hydroxyl groups excluding tert-OH is 2. The average molecular weight is 327 g/mol. The molecule has 3 rings (SSSR count). The smallest absolute Gasteiger partial charge is 0.259 e. The van der Waals surface area contributed by atoms with Crippen LogP contribution in [0.3, 0.4) is 0 Å². The highest BCUT2D eigenvalue weighted by atomic mass is 19.1. The van der Waals surface area contributed by atoms with Crippen molar-refractivity contribution in [1.82, 2.24) is 4.90 Å². The Morgan fingerprint density at radius 2 is 1.74 bits per heavy atom. The van der Waals surface area contributed by atoms with E-state index >= 15 is 0 Å². The van der Waals surface area contributed by atoms with Crippen LogP contribution in [-0.4, -0.2) is 53.4 Å². The van der Waals surface area contributed by atoms with Crippen molar-refractivity contribution in [3.05, 3.63) is 29.3 Å². The van der Waals surface area contributed by atoms with Crippen LogP contribution >= 0.6 is 0 Å². The molecule has 1 amide bonds. The molecule has 2 fully saturated rings. The van der Waals surface area contributed by atoms with Gasteiger partial charge in [0.25, 0.3) is 5.91 Å². The summed E-state index contributed by atoms with van der Waals surface area (Å²) in [6, 6.07) is 2.14. The number of ether oxygens (including phenoxy) is 1. The van der Waals surface area contributed by atoms with E-state index in [-0.39, 0.29) is 17.6 Å². The lowest BCUT2D eigenvalue weighted by molar-refractivity contribution is -0.0372. The molecular weight excluding hydrogens is 308 g/mol. The zero-order valence-corrected chi connectivity index (χ0v) is 12.7. The van der Waals surface area contributed by atoms with E-state index in [0.29, 0.717) is 25.9 Å². The summed E-state index contributed by atoms with van der Waals surface area (Å²) in [5.74, 6) is -2.77. The molecule has 1 saturated heterocycles. The predicted octanol–water partition coefficient (Wildman–Crippen LogP) is 1.18. The minimum atomic E-state index is -1.01. The molecule has 0 aromatic heterocycles. The van der Waals surface area contributed by atoms with Gasteiger partial charge in [-0.15, -0.1) is 0 Å². The van der Waals surface area contributed by atoms with Crippen molar-refractivity contribution in [2.24, 2.45) is 11.8 Å². The van der Waals surface area contributed by atoms with E-state index in [1.54, 1.807) is 0 Å². The molecule has 0 spiro atoms. The maximum atomic E-state index is 14.2. The van der Waals surface area contributed by atoms with Crippen LogP contribution in [0.15, 0.2) is 12.1 Å². The Morgan fingerprint density at radius 1 is 1.17 bits per heavy atom. The summed E-state index contributed by atoms with van der Waals surface area (Å²) in [7, 11) is 1.25. The minimum absolute atomic E-state index is 0.0362. The fraction of sp³-hybridized carbons (Fsp3) is 0.562. The van der Waals surface area contributed by atoms with E-state index < -0.39 is 35.3 Å². The van der Waals surface area contributed by atoms with Gasteiger partial charge in [0.2, 0.25) is 0 Å². The minimum Gasteiger partial charge on any atom is -0.494 e. The molecule has 0 unspecified atom stereocenters. The van der Waals surface area contributed by atoms with Gasteiger partial charge in [-0.2, -0.15) is 0 Å². The van der Waals surface area contributed by atoms with Crippen molar-refractivity contribution in [2.45, 2.75) is 25.0 Å². The highest BCUT2D eigenvalue weighted by molar-refractivity contribution is 5.95. The fourth-order valence-electron chi connectivity index (χ4n) is 3.62. The number of carbonyl (C=O) groups is 1. The van der Waals surface area contributed by atoms with Crippen molar-refractivity contribution in [1.29, 1.82) is 0 Å². The highest BCUT2D eigenvalue weighted by Gasteiger charge is 2.43. The first-order chi connectivity index (χ1) is 10.9. The Kier molecular flexibility index (Phi) is 4.25. The van der Waals surface area contributed by atoms with E-state index in [1.165, 1.54) is 12.0 Å². The van der Waals surface area contributed by atoms with Crippen LogP contribution in [0.25, 0.3) is 0 Å². The molecule has 1 aliphatic heterocycles. The van der Waals surface area contributed by atoms with Crippen LogP contribution in [0.2, 0.25) is 0 Å². The fourth-order valence-corrected chi connectivity index (χ4v) is 3.62. The van der Waals surface area contributed by atoms with Crippen LogP contribution in [0.5, 0.6) is 5.75 Å². The molecule has 1 heterocycles. The van der Waals surface area contributed by atoms with Crippen molar-refractivity contribution in [3.63, 3.8) is 0 Å². The van der Waals surface area contributed by atoms with Gasteiger partial charge in [-0.05, 0) is 36.8 Å². The van der Waals surface area contributed by atoms with Gasteiger partial charge in [0, 0.05) is 13.1 Å². The van der Waals surface area contributed by atoms with E-state index in [4.69, 9.17) is 4.74 Å². The van der Waals surface area contributed by atoms with Crippen LogP contribution in [-0.2, 0) is 0 Å². The summed E-state index contributed by atoms with van der Waals surface area (Å²) in [6.07, 6.45) is -0.842. The number of amides is 1. The molecule has 1 saturated carbocycles. The summed E-state index contributed by atoms with van der Waals surface area (Å²) >= 11 is 0. The summed E-state index contributed by atoms with van der Waals surface area (Å²) in [4.78, 5) is 13.9. The lowest BCUT2D eigenvalue weighted by atomic mass is 9.79. The molecular formula is C16H19F2NO4. The molecule has 1 aromatic carbocycles. The second-order valence-corrected chi connectivity index (χ2v) is 6.28. The zero-order valence-electron chi connectivity index (χ0n) is 12.7. The van der Waals surface area contributed by atoms with Gasteiger partial charge < -0.3 is 19.8 Å². The Bertz CT molecular complexity index is 606. The molecule has 2 N–H and O–H groups in total. The van der Waals surface area contributed by atoms with Gasteiger partial charge >= 0.3 is 0 Å². The number of hydrogen-bond acceptors (Lipinski definition) is 4. The quantitative estimate of drug-likeness (QED) is 0.856. The zero-order chi connectivity index (χ0) is 16.7. The average Bonchev–Trinajstić information content (AvgIpc) is 2.90. The summed E-state index contributed by atoms with van der Waals surface area (Å²) < 4.78 is 33.0. The van der Waals surface area contributed by atoms with Crippen molar-refractivity contribution >= 4 is 5.91 Å². The second-order valence-electron chi connectivity index (χ2n) is 6.28. The van der Waals surface area contributed by atoms with Crippen molar-refractivity contribution in [2.75, 3.05) is 20.2 Å². The second kappa shape index (κ2) is 6.05. The number of nitrogens with zero attached hydrogens (tertiary/aromatic N) is 1. The molecule has 5 nitrogen and oxygen atoms in total. The predicted molar refractivity (Wildman–Crippen MR) is 77.0 cm³/mol. The summed E-state index contributed by atoms with van der Waals surface area (Å²) in [6.45, 7) is 0.646. The molecule has 126 valence electrons. The number of benzene rings is 1. The molecule has 23 heavy (non-hydrogen) atoms. The third-order valence-electron chi connectivity index (χ3n) is 4.89. The van der Waals surface area contributed by atoms with Crippen LogP contribution < -0.4 is 4.74 Å². The Morgan fingerprint density at radius 3 is 2.26 bits per heavy atom. The lowest BCUT2D eigenvalue weighted by Crippen LogP contribution is -2.38. The van der Waals surface area contributed by atoms with Gasteiger partial charge in [-0.3, -0.25) is 4.79 Å². The standard InChI is InChI=1S/C16H19F2NO4/c1-23-13-3-2-10(17)14(15(13)18)16(22)19-6-8-4-11(20)12(21)5-9(8)7-19/h2-3,8-9,11-12,20-21H,4-7H2,1H3/t8-,9+,11+,12-. The van der Waals surface area contributed by atoms with Gasteiger partial charge in [-0.25, -0.2) is 8.78 Å². The first-order valence-corrected chi connectivity index (χ1v) is 7.59. The number of likely N-dealkylation sites (tertiary alicyclic amines) is 1. The third kappa shape index (κ3) is 2.79. The first-order valence-electron chi connectivity index (χ1n) is 7.59. The molecule has 2 aliphatic rings. The number of halogens is 2. The molecule has 1 aliphatic carbocycles. The normalized spacial score (nSPS) is 30.2. The van der Waals surface area contributed by atoms with E-state index in [2.05, 4.69) is 0 Å². The van der Waals surface area contributed by atoms with Gasteiger partial charge in [0.1, 0.15) is 11.4 Å². The molecule has 1 aromatic rings. The van der Waals surface area contributed by atoms with Gasteiger partial charge in [0.05, 0.1) is 19.3 Å². The SMILES string of the molecule is COc1ccc(F)c(C(=O)N2C[C@H]3C[C@H](O)[C@H](O)C[C@H]3C2)c1F. The Hall–Kier alpha value is -1.73. The van der Waals surface area contributed by atoms with Crippen molar-refractivity contribution in [3.8, 4) is 5.75 Å². The largest absolute Gasteiger partial charge is 0.494 e. The topological polar surface area (TPSA) is 70.0 Å². The number of carbonyl (C=O) groups excluding carboxylic acids is 1. The highest BCUT2D eigenvalue weighted by Crippen LogP contribution is 2.37. The molecule has 0 radical (unpaired) electrons. The van der Waals surface area contributed by atoms with Crippen molar-refractivity contribution < 1.29 is 28.5 Å². The number of fused-ring (bicyclic) bond motifs is 1. The molecule has 0 bridgehead atoms. The summed E-state index contributed by atoms with van der Waals surface area (Å²) in [5.41, 5.74) is -0.621. The molecule has 4 atom stereocenters. The molecule has 7 heteroatoms. The van der Waals surface area contributed by atoms with Crippen LogP contribution in [0, 0.1) is 23.5 Å². The number of hydrogen-bond donors (Lipinski definition) is 2. The van der Waals surface area contributed by atoms with E-state index in [1.807, 2.05) is 0 Å². The lowest BCUT2D eigenvalue weighted by Gasteiger charge is -2.31. The monoisotopic (exact) mass is 327 g/mol. The third-order valence-corrected chi connectivity index (χ3v) is 4.89. The Balaban J connectivity index is 1.83. The van der Waals surface area contributed by atoms with E-state index in [0.717, 1.165) is 12.1 Å². The Labute approximate surface area is 132 Å². The first kappa shape index (κ1) is 16.1. The van der Waals surface area contributed by atoms with Gasteiger partial charge in [0.15, 0.2) is 11.6 Å². The summed E-state index contributed by atoms with van der Waals surface area (Å²) in [5, 5.41) is 19.5. The maximum absolute atomic E-state index is 14.2. The van der Waals surface area contributed by atoms with E-state index in [9.17, 15) is 23.8 Å². The number of rotatable bonds is 2. The number of methoxy groups -OCH3 is 1.